The minimum absolute atomic E-state index is 0.0964. The van der Waals surface area contributed by atoms with Gasteiger partial charge < -0.3 is 10.1 Å². The summed E-state index contributed by atoms with van der Waals surface area (Å²) in [6.07, 6.45) is 0.807. The number of carbonyl (C=O) groups excluding carboxylic acids is 1. The van der Waals surface area contributed by atoms with Crippen LogP contribution in [0.25, 0.3) is 0 Å². The summed E-state index contributed by atoms with van der Waals surface area (Å²) < 4.78 is 33.9. The SMILES string of the molecule is CCc1ccccc1NC(=O)COc1ccc(S(=O)(=O)Nc2ccc(Br)cc2)cc1. The van der Waals surface area contributed by atoms with Crippen molar-refractivity contribution >= 4 is 43.2 Å². The van der Waals surface area contributed by atoms with Crippen LogP contribution in [0, 0.1) is 0 Å². The maximum Gasteiger partial charge on any atom is 0.262 e. The van der Waals surface area contributed by atoms with Crippen molar-refractivity contribution in [3.8, 4) is 5.75 Å². The van der Waals surface area contributed by atoms with Gasteiger partial charge in [0, 0.05) is 15.8 Å². The van der Waals surface area contributed by atoms with E-state index in [0.29, 0.717) is 11.4 Å². The molecule has 3 aromatic rings. The first-order valence-corrected chi connectivity index (χ1v) is 11.5. The molecule has 0 saturated carbocycles. The summed E-state index contributed by atoms with van der Waals surface area (Å²) in [5.74, 6) is 0.112. The fourth-order valence-corrected chi connectivity index (χ4v) is 4.06. The van der Waals surface area contributed by atoms with E-state index < -0.39 is 10.0 Å². The zero-order chi connectivity index (χ0) is 21.6. The highest BCUT2D eigenvalue weighted by Crippen LogP contribution is 2.21. The summed E-state index contributed by atoms with van der Waals surface area (Å²) in [4.78, 5) is 12.3. The van der Waals surface area contributed by atoms with Crippen molar-refractivity contribution in [2.75, 3.05) is 16.6 Å². The van der Waals surface area contributed by atoms with Crippen LogP contribution >= 0.6 is 15.9 Å². The van der Waals surface area contributed by atoms with Crippen molar-refractivity contribution in [2.24, 2.45) is 0 Å². The van der Waals surface area contributed by atoms with Gasteiger partial charge in [-0.15, -0.1) is 0 Å². The second-order valence-electron chi connectivity index (χ2n) is 6.43. The van der Waals surface area contributed by atoms with Gasteiger partial charge in [-0.1, -0.05) is 41.1 Å². The van der Waals surface area contributed by atoms with E-state index in [1.165, 1.54) is 24.3 Å². The predicted octanol–water partition coefficient (Wildman–Crippen LogP) is 4.83. The van der Waals surface area contributed by atoms with E-state index >= 15 is 0 Å². The van der Waals surface area contributed by atoms with Gasteiger partial charge in [0.2, 0.25) is 0 Å². The quantitative estimate of drug-likeness (QED) is 0.475. The van der Waals surface area contributed by atoms with Gasteiger partial charge >= 0.3 is 0 Å². The van der Waals surface area contributed by atoms with E-state index in [1.54, 1.807) is 24.3 Å². The molecule has 1 amide bonds. The second kappa shape index (κ2) is 9.77. The third kappa shape index (κ3) is 5.84. The van der Waals surface area contributed by atoms with Crippen molar-refractivity contribution in [3.05, 3.63) is 82.8 Å². The molecule has 8 heteroatoms. The number of para-hydroxylation sites is 1. The van der Waals surface area contributed by atoms with Gasteiger partial charge in [0.15, 0.2) is 6.61 Å². The first kappa shape index (κ1) is 21.9. The number of anilines is 2. The number of aryl methyl sites for hydroxylation is 1. The second-order valence-corrected chi connectivity index (χ2v) is 9.03. The van der Waals surface area contributed by atoms with Crippen molar-refractivity contribution < 1.29 is 17.9 Å². The molecule has 0 aromatic heterocycles. The minimum Gasteiger partial charge on any atom is -0.484 e. The lowest BCUT2D eigenvalue weighted by Crippen LogP contribution is -2.21. The summed E-state index contributed by atoms with van der Waals surface area (Å²) in [6, 6.07) is 20.3. The van der Waals surface area contributed by atoms with Crippen LogP contribution in [0.3, 0.4) is 0 Å². The Balaban J connectivity index is 1.58. The normalized spacial score (nSPS) is 11.0. The van der Waals surface area contributed by atoms with Gasteiger partial charge in [0.1, 0.15) is 5.75 Å². The van der Waals surface area contributed by atoms with Gasteiger partial charge in [-0.05, 0) is 66.6 Å². The van der Waals surface area contributed by atoms with Gasteiger partial charge in [0.25, 0.3) is 15.9 Å². The van der Waals surface area contributed by atoms with E-state index in [9.17, 15) is 13.2 Å². The molecule has 0 atom stereocenters. The molecule has 0 spiro atoms. The van der Waals surface area contributed by atoms with E-state index in [1.807, 2.05) is 31.2 Å². The number of carbonyl (C=O) groups is 1. The highest BCUT2D eigenvalue weighted by molar-refractivity contribution is 9.10. The van der Waals surface area contributed by atoms with E-state index in [-0.39, 0.29) is 17.4 Å². The molecule has 0 heterocycles. The number of hydrogen-bond donors (Lipinski definition) is 2. The third-order valence-corrected chi connectivity index (χ3v) is 6.20. The Kier molecular flexibility index (Phi) is 7.12. The molecular formula is C22H21BrN2O4S. The highest BCUT2D eigenvalue weighted by atomic mass is 79.9. The lowest BCUT2D eigenvalue weighted by Gasteiger charge is -2.11. The number of halogens is 1. The van der Waals surface area contributed by atoms with E-state index in [0.717, 1.165) is 22.1 Å². The lowest BCUT2D eigenvalue weighted by molar-refractivity contribution is -0.118. The van der Waals surface area contributed by atoms with E-state index in [2.05, 4.69) is 26.0 Å². The van der Waals surface area contributed by atoms with Crippen LogP contribution in [-0.2, 0) is 21.2 Å². The average molecular weight is 489 g/mol. The van der Waals surface area contributed by atoms with Crippen LogP contribution in [0.2, 0.25) is 0 Å². The largest absolute Gasteiger partial charge is 0.484 e. The van der Waals surface area contributed by atoms with Crippen LogP contribution in [0.5, 0.6) is 5.75 Å². The maximum absolute atomic E-state index is 12.5. The zero-order valence-corrected chi connectivity index (χ0v) is 18.7. The van der Waals surface area contributed by atoms with Gasteiger partial charge in [-0.3, -0.25) is 9.52 Å². The monoisotopic (exact) mass is 488 g/mol. The molecule has 0 aliphatic carbocycles. The van der Waals surface area contributed by atoms with Crippen molar-refractivity contribution in [3.63, 3.8) is 0 Å². The van der Waals surface area contributed by atoms with Crippen LogP contribution in [0.1, 0.15) is 12.5 Å². The predicted molar refractivity (Wildman–Crippen MR) is 121 cm³/mol. The molecule has 0 saturated heterocycles. The summed E-state index contributed by atoms with van der Waals surface area (Å²) >= 11 is 3.31. The molecule has 30 heavy (non-hydrogen) atoms. The van der Waals surface area contributed by atoms with Crippen LogP contribution < -0.4 is 14.8 Å². The topological polar surface area (TPSA) is 84.5 Å². The Hall–Kier alpha value is -2.84. The smallest absolute Gasteiger partial charge is 0.262 e. The third-order valence-electron chi connectivity index (χ3n) is 4.27. The Labute approximate surface area is 184 Å². The molecule has 0 aliphatic heterocycles. The average Bonchev–Trinajstić information content (AvgIpc) is 2.74. The number of amides is 1. The summed E-state index contributed by atoms with van der Waals surface area (Å²) in [7, 11) is -3.72. The Bertz CT molecular complexity index is 1110. The number of hydrogen-bond acceptors (Lipinski definition) is 4. The summed E-state index contributed by atoms with van der Waals surface area (Å²) in [5.41, 5.74) is 2.26. The van der Waals surface area contributed by atoms with Crippen molar-refractivity contribution in [1.82, 2.24) is 0 Å². The van der Waals surface area contributed by atoms with E-state index in [4.69, 9.17) is 4.74 Å². The number of nitrogens with one attached hydrogen (secondary N) is 2. The Morgan fingerprint density at radius 2 is 1.63 bits per heavy atom. The first-order valence-electron chi connectivity index (χ1n) is 9.26. The Morgan fingerprint density at radius 3 is 2.30 bits per heavy atom. The van der Waals surface area contributed by atoms with Gasteiger partial charge in [-0.25, -0.2) is 8.42 Å². The zero-order valence-electron chi connectivity index (χ0n) is 16.3. The number of benzene rings is 3. The Morgan fingerprint density at radius 1 is 0.967 bits per heavy atom. The number of sulfonamides is 1. The molecule has 0 radical (unpaired) electrons. The summed E-state index contributed by atoms with van der Waals surface area (Å²) in [6.45, 7) is 1.84. The van der Waals surface area contributed by atoms with Crippen molar-refractivity contribution in [1.29, 1.82) is 0 Å². The molecule has 2 N–H and O–H groups in total. The number of ether oxygens (including phenoxy) is 1. The molecule has 0 fully saturated rings. The molecule has 0 bridgehead atoms. The van der Waals surface area contributed by atoms with Crippen LogP contribution in [0.4, 0.5) is 11.4 Å². The van der Waals surface area contributed by atoms with Gasteiger partial charge in [-0.2, -0.15) is 0 Å². The van der Waals surface area contributed by atoms with Crippen molar-refractivity contribution in [2.45, 2.75) is 18.2 Å². The van der Waals surface area contributed by atoms with Gasteiger partial charge in [0.05, 0.1) is 4.90 Å². The highest BCUT2D eigenvalue weighted by Gasteiger charge is 2.14. The molecule has 156 valence electrons. The first-order chi connectivity index (χ1) is 14.4. The molecular weight excluding hydrogens is 468 g/mol. The standard InChI is InChI=1S/C22H21BrN2O4S/c1-2-16-5-3-4-6-21(16)24-22(26)15-29-19-11-13-20(14-12-19)30(27,28)25-18-9-7-17(23)8-10-18/h3-14,25H,2,15H2,1H3,(H,24,26). The molecule has 0 unspecified atom stereocenters. The lowest BCUT2D eigenvalue weighted by atomic mass is 10.1. The molecule has 3 aromatic carbocycles. The summed E-state index contributed by atoms with van der Waals surface area (Å²) in [5, 5.41) is 2.83. The molecule has 6 nitrogen and oxygen atoms in total. The molecule has 3 rings (SSSR count). The van der Waals surface area contributed by atoms with Crippen LogP contribution in [0.15, 0.2) is 82.2 Å². The minimum atomic E-state index is -3.72. The van der Waals surface area contributed by atoms with Crippen LogP contribution in [-0.4, -0.2) is 20.9 Å². The maximum atomic E-state index is 12.5. The fraction of sp³-hybridized carbons (Fsp3) is 0.136. The number of rotatable bonds is 8. The fourth-order valence-electron chi connectivity index (χ4n) is 2.73. The molecule has 0 aliphatic rings.